The molecule has 11 heteroatoms. The quantitative estimate of drug-likeness (QED) is 0.217. The fourth-order valence-corrected chi connectivity index (χ4v) is 0.203. The molecule has 0 aromatic carbocycles. The van der Waals surface area contributed by atoms with E-state index in [1.807, 2.05) is 0 Å². The molecule has 0 aromatic rings. The van der Waals surface area contributed by atoms with Gasteiger partial charge in [0.2, 0.25) is 0 Å². The predicted octanol–water partition coefficient (Wildman–Crippen LogP) is -6.67. The molecule has 0 amide bonds. The second-order valence-corrected chi connectivity index (χ2v) is 2.67. The van der Waals surface area contributed by atoms with Crippen LogP contribution in [0.15, 0.2) is 0 Å². The Morgan fingerprint density at radius 3 is 1.35 bits per heavy atom. The number of aliphatic carboxylic acids is 1. The van der Waals surface area contributed by atoms with E-state index in [4.69, 9.17) is 27.4 Å². The van der Waals surface area contributed by atoms with E-state index in [-0.39, 0.29) is 65.1 Å². The Labute approximate surface area is 144 Å². The van der Waals surface area contributed by atoms with Crippen LogP contribution in [-0.4, -0.2) is 41.2 Å². The van der Waals surface area contributed by atoms with Gasteiger partial charge in [0, 0.05) is 24.2 Å². The molecule has 17 heavy (non-hydrogen) atoms. The minimum atomic E-state index is -5.17. The van der Waals surface area contributed by atoms with Crippen molar-refractivity contribution in [1.29, 1.82) is 0 Å². The van der Waals surface area contributed by atoms with E-state index < -0.39 is 16.4 Å². The van der Waals surface area contributed by atoms with Gasteiger partial charge in [-0.15, -0.1) is 0 Å². The number of carboxylic acid groups (broad SMARTS) is 1. The zero-order chi connectivity index (χ0) is 13.1. The third kappa shape index (κ3) is 254. The molecule has 0 aliphatic heterocycles. The molecule has 0 fully saturated rings. The van der Waals surface area contributed by atoms with Crippen molar-refractivity contribution in [1.82, 2.24) is 0 Å². The van der Waals surface area contributed by atoms with Crippen molar-refractivity contribution < 1.29 is 96.1 Å². The third-order valence-electron chi connectivity index (χ3n) is 0.348. The zero-order valence-corrected chi connectivity index (χ0v) is 15.2. The Bertz CT molecular complexity index is 264. The first-order valence-electron chi connectivity index (χ1n) is 3.50. The summed E-state index contributed by atoms with van der Waals surface area (Å²) in [5, 5.41) is 7.42. The van der Waals surface area contributed by atoms with Crippen molar-refractivity contribution in [2.75, 3.05) is 6.61 Å². The summed E-state index contributed by atoms with van der Waals surface area (Å²) in [5.74, 6) is -1.04. The van der Waals surface area contributed by atoms with Gasteiger partial charge in [-0.25, -0.2) is 0 Å². The van der Waals surface area contributed by atoms with E-state index in [0.717, 1.165) is 6.92 Å². The number of carbonyl (C=O) groups excluding carboxylic acids is 1. The van der Waals surface area contributed by atoms with Gasteiger partial charge in [-0.1, -0.05) is 0 Å². The van der Waals surface area contributed by atoms with Crippen LogP contribution in [-0.2, 0) is 24.7 Å². The summed E-state index contributed by atoms with van der Waals surface area (Å²) >= 11 is 0. The molecule has 0 heterocycles. The fraction of sp³-hybridized carbons (Fsp3) is 0.667. The summed E-state index contributed by atoms with van der Waals surface area (Å²) in [6.07, 6.45) is 0. The Kier molecular flexibility index (Phi) is 34.6. The molecule has 0 aliphatic rings. The molecule has 8 nitrogen and oxygen atoms in total. The fourth-order valence-electron chi connectivity index (χ4n) is 0.203. The molecule has 0 rings (SSSR count). The van der Waals surface area contributed by atoms with E-state index in [2.05, 4.69) is 4.74 Å². The number of hydrogen-bond donors (Lipinski definition) is 1. The van der Waals surface area contributed by atoms with Gasteiger partial charge in [-0.05, 0) is 6.92 Å². The van der Waals surface area contributed by atoms with Crippen molar-refractivity contribution >= 4 is 22.3 Å². The topological polar surface area (TPSA) is 144 Å². The molecule has 0 atom stereocenters. The van der Waals surface area contributed by atoms with Crippen LogP contribution in [0.4, 0.5) is 0 Å². The maximum atomic E-state index is 9.82. The van der Waals surface area contributed by atoms with E-state index >= 15 is 0 Å². The van der Waals surface area contributed by atoms with Crippen molar-refractivity contribution in [3.63, 3.8) is 0 Å². The monoisotopic (exact) mass is 290 g/mol. The Morgan fingerprint density at radius 2 is 1.35 bits per heavy atom. The third-order valence-corrected chi connectivity index (χ3v) is 0.348. The average Bonchev–Trinajstić information content (AvgIpc) is 1.79. The maximum absolute atomic E-state index is 9.82. The smallest absolute Gasteiger partial charge is 0.759 e. The van der Waals surface area contributed by atoms with Crippen LogP contribution in [0.2, 0.25) is 0 Å². The number of rotatable bonds is 1. The molecular formula is C6H12Na2O8S. The number of carboxylic acids is 1. The van der Waals surface area contributed by atoms with Gasteiger partial charge < -0.3 is 18.9 Å². The van der Waals surface area contributed by atoms with Gasteiger partial charge >= 0.3 is 65.1 Å². The van der Waals surface area contributed by atoms with Crippen molar-refractivity contribution in [2.45, 2.75) is 20.8 Å². The van der Waals surface area contributed by atoms with Crippen LogP contribution >= 0.6 is 0 Å². The maximum Gasteiger partial charge on any atom is 1.00 e. The standard InChI is InChI=1S/C4H8O2.C2H4O2.2Na.H2O4S/c1-3-6-4(2)5;1-2(3)4;;;1-5(2,3)4/h3H2,1-2H3;1H3,(H,3,4);;;(H2,1,2,3,4)/q;;2*+1;/p-2. The second kappa shape index (κ2) is 19.2. The number of esters is 1. The first-order chi connectivity index (χ1) is 6.50. The minimum Gasteiger partial charge on any atom is -0.759 e. The molecule has 92 valence electrons. The van der Waals surface area contributed by atoms with Crippen LogP contribution in [0.5, 0.6) is 0 Å². The summed E-state index contributed by atoms with van der Waals surface area (Å²) < 4.78 is 38.5. The van der Waals surface area contributed by atoms with Crippen LogP contribution in [0.1, 0.15) is 20.8 Å². The predicted molar refractivity (Wildman–Crippen MR) is 46.1 cm³/mol. The first kappa shape index (κ1) is 30.7. The summed E-state index contributed by atoms with van der Waals surface area (Å²) in [6.45, 7) is 4.74. The molecule has 0 saturated carbocycles. The van der Waals surface area contributed by atoms with E-state index in [9.17, 15) is 4.79 Å². The molecular weight excluding hydrogens is 278 g/mol. The molecule has 0 unspecified atom stereocenters. The molecule has 1 N–H and O–H groups in total. The van der Waals surface area contributed by atoms with Crippen LogP contribution < -0.4 is 59.1 Å². The molecule has 0 spiro atoms. The van der Waals surface area contributed by atoms with Crippen molar-refractivity contribution in [2.24, 2.45) is 0 Å². The zero-order valence-electron chi connectivity index (χ0n) is 10.4. The van der Waals surface area contributed by atoms with Gasteiger partial charge in [-0.3, -0.25) is 18.0 Å². The molecule has 0 radical (unpaired) electrons. The first-order valence-corrected chi connectivity index (χ1v) is 4.83. The van der Waals surface area contributed by atoms with E-state index in [1.54, 1.807) is 6.92 Å². The van der Waals surface area contributed by atoms with Gasteiger partial charge in [-0.2, -0.15) is 0 Å². The summed E-state index contributed by atoms with van der Waals surface area (Å²) in [5.41, 5.74) is 0. The van der Waals surface area contributed by atoms with Crippen LogP contribution in [0.3, 0.4) is 0 Å². The second-order valence-electron chi connectivity index (χ2n) is 1.85. The summed E-state index contributed by atoms with van der Waals surface area (Å²) in [6, 6.07) is 0. The molecule has 0 aromatic heterocycles. The SMILES string of the molecule is CC(=O)O.CCOC(C)=O.O=S(=O)([O-])[O-].[Na+].[Na+]. The van der Waals surface area contributed by atoms with E-state index in [0.29, 0.717) is 6.61 Å². The average molecular weight is 290 g/mol. The molecule has 0 bridgehead atoms. The largest absolute Gasteiger partial charge is 1.00 e. The van der Waals surface area contributed by atoms with Gasteiger partial charge in [0.25, 0.3) is 5.97 Å². The minimum absolute atomic E-state index is 0. The number of ether oxygens (including phenoxy) is 1. The Hall–Kier alpha value is 0.810. The Balaban J connectivity index is -0.0000000407. The van der Waals surface area contributed by atoms with Crippen LogP contribution in [0, 0.1) is 0 Å². The van der Waals surface area contributed by atoms with Gasteiger partial charge in [0.15, 0.2) is 0 Å². The number of carbonyl (C=O) groups is 2. The normalized spacial score (nSPS) is 7.59. The Morgan fingerprint density at radius 1 is 1.18 bits per heavy atom. The van der Waals surface area contributed by atoms with E-state index in [1.165, 1.54) is 6.92 Å². The molecule has 0 aliphatic carbocycles. The van der Waals surface area contributed by atoms with Crippen molar-refractivity contribution in [3.8, 4) is 0 Å². The van der Waals surface area contributed by atoms with Crippen LogP contribution in [0.25, 0.3) is 0 Å². The molecule has 0 saturated heterocycles. The van der Waals surface area contributed by atoms with Gasteiger partial charge in [0.05, 0.1) is 6.61 Å². The summed E-state index contributed by atoms with van der Waals surface area (Å²) in [4.78, 5) is 18.8. The van der Waals surface area contributed by atoms with Crippen molar-refractivity contribution in [3.05, 3.63) is 0 Å². The number of hydrogen-bond acceptors (Lipinski definition) is 7. The van der Waals surface area contributed by atoms with Gasteiger partial charge in [0.1, 0.15) is 0 Å². The summed E-state index contributed by atoms with van der Waals surface area (Å²) in [7, 11) is -5.17.